The van der Waals surface area contributed by atoms with Gasteiger partial charge in [0, 0.05) is 5.71 Å². The van der Waals surface area contributed by atoms with E-state index in [0.717, 1.165) is 12.0 Å². The summed E-state index contributed by atoms with van der Waals surface area (Å²) in [5, 5.41) is 14.7. The maximum atomic E-state index is 13.8. The number of rotatable bonds is 3. The van der Waals surface area contributed by atoms with Gasteiger partial charge in [0.05, 0.1) is 5.92 Å². The summed E-state index contributed by atoms with van der Waals surface area (Å²) in [5.74, 6) is -1.88. The molecule has 1 aromatic carbocycles. The number of alkyl halides is 3. The molecule has 1 amide bonds. The Morgan fingerprint density at radius 3 is 2.45 bits per heavy atom. The van der Waals surface area contributed by atoms with Crippen molar-refractivity contribution in [1.29, 1.82) is 0 Å². The van der Waals surface area contributed by atoms with Crippen molar-refractivity contribution in [3.05, 3.63) is 29.8 Å². The first-order valence-corrected chi connectivity index (χ1v) is 9.87. The SMILES string of the molecule is CC(C)(C)c1ccc(OCC(=O)N2N=C3CCCCC[C@@H]3[C@@]2(O)C(F)(F)F)cc1. The molecule has 160 valence electrons. The lowest BCUT2D eigenvalue weighted by molar-refractivity contribution is -0.317. The van der Waals surface area contributed by atoms with Crippen LogP contribution in [0.15, 0.2) is 29.4 Å². The van der Waals surface area contributed by atoms with Crippen LogP contribution in [-0.4, -0.2) is 40.2 Å². The van der Waals surface area contributed by atoms with Crippen molar-refractivity contribution in [2.75, 3.05) is 6.61 Å². The van der Waals surface area contributed by atoms with Gasteiger partial charge in [0.1, 0.15) is 5.75 Å². The molecule has 2 aliphatic rings. The first kappa shape index (κ1) is 21.6. The van der Waals surface area contributed by atoms with Gasteiger partial charge in [-0.25, -0.2) is 0 Å². The van der Waals surface area contributed by atoms with Crippen LogP contribution in [-0.2, 0) is 10.2 Å². The van der Waals surface area contributed by atoms with Crippen LogP contribution in [0.1, 0.15) is 58.4 Å². The van der Waals surface area contributed by atoms with Crippen LogP contribution in [0.5, 0.6) is 5.75 Å². The Morgan fingerprint density at radius 1 is 1.21 bits per heavy atom. The van der Waals surface area contributed by atoms with Crippen molar-refractivity contribution in [3.8, 4) is 5.75 Å². The maximum Gasteiger partial charge on any atom is 0.439 e. The number of nitrogens with zero attached hydrogens (tertiary/aromatic N) is 2. The molecule has 0 radical (unpaired) electrons. The largest absolute Gasteiger partial charge is 0.484 e. The standard InChI is InChI=1S/C21H27F3N2O3/c1-19(2,3)14-9-11-15(12-10-14)29-13-18(27)26-20(28,21(22,23)24)16-7-5-4-6-8-17(16)25-26/h9-12,16,28H,4-8,13H2,1-3H3/t16-,20+/m0/s1. The molecular formula is C21H27F3N2O3. The van der Waals surface area contributed by atoms with Gasteiger partial charge in [-0.15, -0.1) is 0 Å². The summed E-state index contributed by atoms with van der Waals surface area (Å²) in [7, 11) is 0. The summed E-state index contributed by atoms with van der Waals surface area (Å²) < 4.78 is 46.9. The van der Waals surface area contributed by atoms with Gasteiger partial charge >= 0.3 is 6.18 Å². The van der Waals surface area contributed by atoms with E-state index in [1.54, 1.807) is 12.1 Å². The lowest BCUT2D eigenvalue weighted by Gasteiger charge is -2.37. The Bertz CT molecular complexity index is 784. The highest BCUT2D eigenvalue weighted by Crippen LogP contribution is 2.47. The molecule has 1 aliphatic heterocycles. The van der Waals surface area contributed by atoms with Gasteiger partial charge < -0.3 is 9.84 Å². The average Bonchev–Trinajstić information content (AvgIpc) is 2.79. The zero-order valence-corrected chi connectivity index (χ0v) is 16.9. The van der Waals surface area contributed by atoms with Gasteiger partial charge in [-0.2, -0.15) is 23.3 Å². The van der Waals surface area contributed by atoms with Gasteiger partial charge in [-0.05, 0) is 42.4 Å². The third-order valence-electron chi connectivity index (χ3n) is 5.60. The van der Waals surface area contributed by atoms with Crippen LogP contribution in [0, 0.1) is 5.92 Å². The number of amides is 1. The molecule has 1 aromatic rings. The first-order chi connectivity index (χ1) is 13.4. The summed E-state index contributed by atoms with van der Waals surface area (Å²) in [4.78, 5) is 12.6. The summed E-state index contributed by atoms with van der Waals surface area (Å²) in [6.07, 6.45) is -2.49. The first-order valence-electron chi connectivity index (χ1n) is 9.87. The van der Waals surface area contributed by atoms with E-state index in [1.807, 2.05) is 12.1 Å². The monoisotopic (exact) mass is 412 g/mol. The number of hydrazone groups is 1. The van der Waals surface area contributed by atoms with Gasteiger partial charge in [-0.1, -0.05) is 45.7 Å². The average molecular weight is 412 g/mol. The smallest absolute Gasteiger partial charge is 0.439 e. The summed E-state index contributed by atoms with van der Waals surface area (Å²) in [6.45, 7) is 5.52. The number of hydrogen-bond donors (Lipinski definition) is 1. The van der Waals surface area contributed by atoms with Gasteiger partial charge in [0.2, 0.25) is 0 Å². The molecule has 0 unspecified atom stereocenters. The molecular weight excluding hydrogens is 385 g/mol. The topological polar surface area (TPSA) is 62.1 Å². The van der Waals surface area contributed by atoms with Crippen LogP contribution in [0.4, 0.5) is 13.2 Å². The van der Waals surface area contributed by atoms with Crippen molar-refractivity contribution in [3.63, 3.8) is 0 Å². The van der Waals surface area contributed by atoms with E-state index in [2.05, 4.69) is 25.9 Å². The molecule has 0 aromatic heterocycles. The zero-order valence-electron chi connectivity index (χ0n) is 16.9. The predicted octanol–water partition coefficient (Wildman–Crippen LogP) is 4.39. The van der Waals surface area contributed by atoms with E-state index in [0.29, 0.717) is 25.0 Å². The molecule has 5 nitrogen and oxygen atoms in total. The minimum Gasteiger partial charge on any atom is -0.484 e. The number of carbonyl (C=O) groups excluding carboxylic acids is 1. The zero-order chi connectivity index (χ0) is 21.4. The number of carbonyl (C=O) groups is 1. The number of ether oxygens (including phenoxy) is 1. The Morgan fingerprint density at radius 2 is 1.86 bits per heavy atom. The Balaban J connectivity index is 1.76. The number of benzene rings is 1. The summed E-state index contributed by atoms with van der Waals surface area (Å²) >= 11 is 0. The molecule has 1 aliphatic carbocycles. The lowest BCUT2D eigenvalue weighted by atomic mass is 9.87. The molecule has 29 heavy (non-hydrogen) atoms. The Labute approximate surface area is 168 Å². The van der Waals surface area contributed by atoms with Gasteiger partial charge in [-0.3, -0.25) is 4.79 Å². The second kappa shape index (κ2) is 7.63. The van der Waals surface area contributed by atoms with E-state index in [9.17, 15) is 23.1 Å². The number of aliphatic hydroxyl groups is 1. The summed E-state index contributed by atoms with van der Waals surface area (Å²) in [6, 6.07) is 7.03. The fourth-order valence-corrected chi connectivity index (χ4v) is 3.90. The van der Waals surface area contributed by atoms with Crippen molar-refractivity contribution in [1.82, 2.24) is 5.01 Å². The normalized spacial score (nSPS) is 25.3. The molecule has 3 rings (SSSR count). The minimum atomic E-state index is -5.02. The molecule has 1 fully saturated rings. The molecule has 2 atom stereocenters. The van der Waals surface area contributed by atoms with E-state index in [4.69, 9.17) is 4.74 Å². The van der Waals surface area contributed by atoms with E-state index < -0.39 is 30.3 Å². The molecule has 0 bridgehead atoms. The highest BCUT2D eigenvalue weighted by molar-refractivity contribution is 5.93. The quantitative estimate of drug-likeness (QED) is 0.801. The molecule has 1 heterocycles. The van der Waals surface area contributed by atoms with Crippen molar-refractivity contribution >= 4 is 11.6 Å². The second-order valence-electron chi connectivity index (χ2n) is 8.74. The van der Waals surface area contributed by atoms with Crippen LogP contribution >= 0.6 is 0 Å². The predicted molar refractivity (Wildman–Crippen MR) is 102 cm³/mol. The molecule has 0 saturated heterocycles. The van der Waals surface area contributed by atoms with Crippen LogP contribution < -0.4 is 4.74 Å². The number of fused-ring (bicyclic) bond motifs is 1. The fraction of sp³-hybridized carbons (Fsp3) is 0.619. The van der Waals surface area contributed by atoms with E-state index in [-0.39, 0.29) is 22.6 Å². The molecule has 1 saturated carbocycles. The summed E-state index contributed by atoms with van der Waals surface area (Å²) in [5.41, 5.74) is -2.07. The van der Waals surface area contributed by atoms with Crippen LogP contribution in [0.3, 0.4) is 0 Å². The minimum absolute atomic E-state index is 0.0573. The number of hydrogen-bond acceptors (Lipinski definition) is 4. The third-order valence-corrected chi connectivity index (χ3v) is 5.60. The highest BCUT2D eigenvalue weighted by atomic mass is 19.4. The lowest BCUT2D eigenvalue weighted by Crippen LogP contribution is -2.61. The van der Waals surface area contributed by atoms with E-state index in [1.165, 1.54) is 0 Å². The Kier molecular flexibility index (Phi) is 5.69. The fourth-order valence-electron chi connectivity index (χ4n) is 3.90. The molecule has 0 spiro atoms. The van der Waals surface area contributed by atoms with Gasteiger partial charge in [0.15, 0.2) is 6.61 Å². The Hall–Kier alpha value is -2.09. The van der Waals surface area contributed by atoms with Crippen molar-refractivity contribution in [2.24, 2.45) is 11.0 Å². The van der Waals surface area contributed by atoms with Crippen LogP contribution in [0.25, 0.3) is 0 Å². The third kappa shape index (κ3) is 4.13. The maximum absolute atomic E-state index is 13.8. The van der Waals surface area contributed by atoms with Crippen molar-refractivity contribution in [2.45, 2.75) is 70.2 Å². The van der Waals surface area contributed by atoms with Gasteiger partial charge in [0.25, 0.3) is 11.6 Å². The van der Waals surface area contributed by atoms with Crippen molar-refractivity contribution < 1.29 is 27.8 Å². The highest BCUT2D eigenvalue weighted by Gasteiger charge is 2.68. The number of halogens is 3. The second-order valence-corrected chi connectivity index (χ2v) is 8.74. The molecule has 8 heteroatoms. The molecule has 1 N–H and O–H groups in total. The van der Waals surface area contributed by atoms with Crippen LogP contribution in [0.2, 0.25) is 0 Å². The van der Waals surface area contributed by atoms with E-state index >= 15 is 0 Å².